The third kappa shape index (κ3) is 3.28. The van der Waals surface area contributed by atoms with Crippen molar-refractivity contribution in [3.8, 4) is 11.5 Å². The van der Waals surface area contributed by atoms with Gasteiger partial charge in [-0.25, -0.2) is 0 Å². The van der Waals surface area contributed by atoms with Crippen LogP contribution in [0, 0.1) is 0 Å². The van der Waals surface area contributed by atoms with Gasteiger partial charge in [-0.3, -0.25) is 9.59 Å². The normalized spacial score (nSPS) is 21.8. The van der Waals surface area contributed by atoms with Crippen molar-refractivity contribution in [2.24, 2.45) is 0 Å². The van der Waals surface area contributed by atoms with Crippen molar-refractivity contribution in [1.29, 1.82) is 0 Å². The fourth-order valence-corrected chi connectivity index (χ4v) is 4.30. The average Bonchev–Trinajstić information content (AvgIpc) is 2.72. The van der Waals surface area contributed by atoms with E-state index in [0.717, 1.165) is 16.8 Å². The molecular weight excluding hydrogens is 354 g/mol. The first-order valence-electron chi connectivity index (χ1n) is 9.43. The Labute approximate surface area is 164 Å². The van der Waals surface area contributed by atoms with E-state index < -0.39 is 0 Å². The second-order valence-electron chi connectivity index (χ2n) is 7.24. The van der Waals surface area contributed by atoms with Crippen molar-refractivity contribution in [3.63, 3.8) is 0 Å². The van der Waals surface area contributed by atoms with E-state index in [9.17, 15) is 9.59 Å². The van der Waals surface area contributed by atoms with Crippen LogP contribution in [0.5, 0.6) is 11.5 Å². The third-order valence-electron chi connectivity index (χ3n) is 5.62. The highest BCUT2D eigenvalue weighted by atomic mass is 16.5. The molecule has 1 aliphatic heterocycles. The number of allylic oxidation sites excluding steroid dienone is 2. The summed E-state index contributed by atoms with van der Waals surface area (Å²) in [7, 11) is 3.19. The van der Waals surface area contributed by atoms with Gasteiger partial charge in [0, 0.05) is 35.6 Å². The summed E-state index contributed by atoms with van der Waals surface area (Å²) in [4.78, 5) is 25.7. The smallest absolute Gasteiger partial charge is 0.225 e. The van der Waals surface area contributed by atoms with Crippen LogP contribution in [0.2, 0.25) is 0 Å². The zero-order valence-electron chi connectivity index (χ0n) is 16.0. The Balaban J connectivity index is 1.77. The van der Waals surface area contributed by atoms with Gasteiger partial charge >= 0.3 is 0 Å². The van der Waals surface area contributed by atoms with E-state index in [2.05, 4.69) is 5.32 Å². The molecule has 1 amide bonds. The van der Waals surface area contributed by atoms with Crippen molar-refractivity contribution in [3.05, 3.63) is 70.9 Å². The summed E-state index contributed by atoms with van der Waals surface area (Å²) >= 11 is 0. The van der Waals surface area contributed by atoms with Crippen LogP contribution in [-0.2, 0) is 9.59 Å². The lowest BCUT2D eigenvalue weighted by atomic mass is 9.73. The first-order valence-corrected chi connectivity index (χ1v) is 9.43. The average molecular weight is 377 g/mol. The predicted molar refractivity (Wildman–Crippen MR) is 105 cm³/mol. The SMILES string of the molecule is COc1ccc(OC)c([C@@H]2CC(=O)NC3=C2C(=O)C[C@@H](c2ccccc2)C3)c1. The van der Waals surface area contributed by atoms with Crippen molar-refractivity contribution < 1.29 is 19.1 Å². The number of nitrogens with one attached hydrogen (secondary N) is 1. The highest BCUT2D eigenvalue weighted by Crippen LogP contribution is 2.45. The Bertz CT molecular complexity index is 948. The van der Waals surface area contributed by atoms with Crippen LogP contribution in [0.1, 0.15) is 42.2 Å². The van der Waals surface area contributed by atoms with Crippen molar-refractivity contribution in [2.45, 2.75) is 31.1 Å². The molecule has 2 aromatic rings. The monoisotopic (exact) mass is 377 g/mol. The lowest BCUT2D eigenvalue weighted by Gasteiger charge is -2.35. The molecule has 1 N–H and O–H groups in total. The molecule has 1 aliphatic carbocycles. The number of rotatable bonds is 4. The number of amides is 1. The summed E-state index contributed by atoms with van der Waals surface area (Å²) in [6.07, 6.45) is 1.32. The lowest BCUT2D eigenvalue weighted by Crippen LogP contribution is -2.38. The van der Waals surface area contributed by atoms with Crippen molar-refractivity contribution >= 4 is 11.7 Å². The molecule has 2 aromatic carbocycles. The molecule has 0 saturated heterocycles. The summed E-state index contributed by atoms with van der Waals surface area (Å²) in [5, 5.41) is 2.96. The maximum Gasteiger partial charge on any atom is 0.225 e. The first kappa shape index (κ1) is 18.3. The van der Waals surface area contributed by atoms with Gasteiger partial charge in [0.1, 0.15) is 11.5 Å². The number of carbonyl (C=O) groups excluding carboxylic acids is 2. The molecular formula is C23H23NO4. The second kappa shape index (κ2) is 7.50. The number of ketones is 1. The molecule has 28 heavy (non-hydrogen) atoms. The molecule has 0 bridgehead atoms. The maximum absolute atomic E-state index is 13.2. The van der Waals surface area contributed by atoms with Gasteiger partial charge in [0.25, 0.3) is 0 Å². The number of Topliss-reactive ketones (excluding diaryl/α,β-unsaturated/α-hetero) is 1. The molecule has 0 fully saturated rings. The van der Waals surface area contributed by atoms with Crippen LogP contribution < -0.4 is 14.8 Å². The zero-order valence-corrected chi connectivity index (χ0v) is 16.0. The van der Waals surface area contributed by atoms with Gasteiger partial charge in [0.2, 0.25) is 5.91 Å². The van der Waals surface area contributed by atoms with Crippen LogP contribution in [-0.4, -0.2) is 25.9 Å². The highest BCUT2D eigenvalue weighted by molar-refractivity contribution is 6.02. The molecule has 2 aliphatic rings. The summed E-state index contributed by atoms with van der Waals surface area (Å²) in [6.45, 7) is 0. The van der Waals surface area contributed by atoms with Gasteiger partial charge in [-0.1, -0.05) is 30.3 Å². The number of carbonyl (C=O) groups is 2. The minimum Gasteiger partial charge on any atom is -0.497 e. The van der Waals surface area contributed by atoms with E-state index in [1.165, 1.54) is 0 Å². The Morgan fingerprint density at radius 2 is 1.71 bits per heavy atom. The van der Waals surface area contributed by atoms with E-state index in [1.54, 1.807) is 14.2 Å². The van der Waals surface area contributed by atoms with Gasteiger partial charge in [-0.2, -0.15) is 0 Å². The highest BCUT2D eigenvalue weighted by Gasteiger charge is 2.39. The van der Waals surface area contributed by atoms with E-state index >= 15 is 0 Å². The summed E-state index contributed by atoms with van der Waals surface area (Å²) in [5.74, 6) is 1.11. The van der Waals surface area contributed by atoms with Crippen LogP contribution in [0.15, 0.2) is 59.8 Å². The molecule has 5 heteroatoms. The van der Waals surface area contributed by atoms with Gasteiger partial charge in [0.15, 0.2) is 5.78 Å². The fraction of sp³-hybridized carbons (Fsp3) is 0.304. The Kier molecular flexibility index (Phi) is 4.90. The maximum atomic E-state index is 13.2. The quantitative estimate of drug-likeness (QED) is 0.882. The zero-order chi connectivity index (χ0) is 19.7. The lowest BCUT2D eigenvalue weighted by molar-refractivity contribution is -0.122. The molecule has 1 heterocycles. The molecule has 144 valence electrons. The minimum atomic E-state index is -0.321. The van der Waals surface area contributed by atoms with Crippen molar-refractivity contribution in [1.82, 2.24) is 5.32 Å². The number of benzene rings is 2. The van der Waals surface area contributed by atoms with Gasteiger partial charge < -0.3 is 14.8 Å². The van der Waals surface area contributed by atoms with Gasteiger partial charge in [0.05, 0.1) is 14.2 Å². The van der Waals surface area contributed by atoms with Crippen molar-refractivity contribution in [2.75, 3.05) is 14.2 Å². The Hall–Kier alpha value is -3.08. The molecule has 0 radical (unpaired) electrons. The van der Waals surface area contributed by atoms with Gasteiger partial charge in [-0.05, 0) is 36.1 Å². The second-order valence-corrected chi connectivity index (χ2v) is 7.24. The topological polar surface area (TPSA) is 64.6 Å². The van der Waals surface area contributed by atoms with E-state index in [-0.39, 0.29) is 29.9 Å². The molecule has 2 atom stereocenters. The molecule has 0 spiro atoms. The largest absolute Gasteiger partial charge is 0.497 e. The molecule has 0 aromatic heterocycles. The van der Waals surface area contributed by atoms with Crippen LogP contribution in [0.4, 0.5) is 0 Å². The van der Waals surface area contributed by atoms with E-state index in [1.807, 2.05) is 48.5 Å². The Morgan fingerprint density at radius 1 is 0.929 bits per heavy atom. The number of hydrogen-bond acceptors (Lipinski definition) is 4. The first-order chi connectivity index (χ1) is 13.6. The molecule has 4 rings (SSSR count). The number of ether oxygens (including phenoxy) is 2. The van der Waals surface area contributed by atoms with Crippen LogP contribution in [0.25, 0.3) is 0 Å². The predicted octanol–water partition coefficient (Wildman–Crippen LogP) is 3.71. The van der Waals surface area contributed by atoms with E-state index in [0.29, 0.717) is 29.9 Å². The number of methoxy groups -OCH3 is 2. The van der Waals surface area contributed by atoms with Gasteiger partial charge in [-0.15, -0.1) is 0 Å². The van der Waals surface area contributed by atoms with Crippen LogP contribution >= 0.6 is 0 Å². The Morgan fingerprint density at radius 3 is 2.43 bits per heavy atom. The van der Waals surface area contributed by atoms with Crippen LogP contribution in [0.3, 0.4) is 0 Å². The van der Waals surface area contributed by atoms with E-state index in [4.69, 9.17) is 9.47 Å². The number of hydrogen-bond donors (Lipinski definition) is 1. The third-order valence-corrected chi connectivity index (χ3v) is 5.62. The fourth-order valence-electron chi connectivity index (χ4n) is 4.30. The summed E-state index contributed by atoms with van der Waals surface area (Å²) < 4.78 is 10.9. The minimum absolute atomic E-state index is 0.0739. The molecule has 5 nitrogen and oxygen atoms in total. The standard InChI is InChI=1S/C23H23NO4/c1-27-16-8-9-21(28-2)17(12-16)18-13-22(26)24-19-10-15(11-20(25)23(18)19)14-6-4-3-5-7-14/h3-9,12,15,18H,10-11,13H2,1-2H3,(H,24,26)/t15-,18-/m0/s1. The molecule has 0 unspecified atom stereocenters. The molecule has 0 saturated carbocycles. The summed E-state index contributed by atoms with van der Waals surface area (Å²) in [6, 6.07) is 15.5. The summed E-state index contributed by atoms with van der Waals surface area (Å²) in [5.41, 5.74) is 3.39.